The summed E-state index contributed by atoms with van der Waals surface area (Å²) in [5.74, 6) is 0. The summed E-state index contributed by atoms with van der Waals surface area (Å²) < 4.78 is 6.52. The summed E-state index contributed by atoms with van der Waals surface area (Å²) in [6.07, 6.45) is 2.60. The van der Waals surface area contributed by atoms with E-state index in [0.29, 0.717) is 6.10 Å². The molecule has 0 heterocycles. The van der Waals surface area contributed by atoms with Gasteiger partial charge in [0.2, 0.25) is 0 Å². The Kier molecular flexibility index (Phi) is 2.20. The number of hydrogen-bond donors (Lipinski definition) is 0. The molecule has 1 aromatic carbocycles. The number of fused-ring (bicyclic) bond motifs is 1. The number of aryl methyl sites for hydroxylation is 1. The second-order valence-electron chi connectivity index (χ2n) is 3.11. The molecule has 0 amide bonds. The fourth-order valence-corrected chi connectivity index (χ4v) is 2.16. The zero-order valence-electron chi connectivity index (χ0n) is 7.01. The van der Waals surface area contributed by atoms with Crippen LogP contribution in [-0.2, 0) is 11.2 Å². The lowest BCUT2D eigenvalue weighted by Crippen LogP contribution is -1.94. The highest BCUT2D eigenvalue weighted by Crippen LogP contribution is 2.34. The molecule has 1 aromatic rings. The maximum absolute atomic E-state index is 5.37. The molecule has 0 N–H and O–H groups in total. The van der Waals surface area contributed by atoms with Crippen LogP contribution in [0.3, 0.4) is 0 Å². The van der Waals surface area contributed by atoms with Gasteiger partial charge in [-0.15, -0.1) is 0 Å². The molecule has 0 spiro atoms. The molecular formula is C10H11BrO. The summed E-state index contributed by atoms with van der Waals surface area (Å²) in [4.78, 5) is 0. The van der Waals surface area contributed by atoms with Crippen LogP contribution in [0, 0.1) is 0 Å². The number of methoxy groups -OCH3 is 1. The Labute approximate surface area is 80.9 Å². The van der Waals surface area contributed by atoms with Crippen molar-refractivity contribution < 1.29 is 4.74 Å². The second kappa shape index (κ2) is 3.19. The van der Waals surface area contributed by atoms with E-state index in [1.54, 1.807) is 7.11 Å². The fraction of sp³-hybridized carbons (Fsp3) is 0.400. The molecule has 1 aliphatic carbocycles. The minimum Gasteiger partial charge on any atom is -0.377 e. The smallest absolute Gasteiger partial charge is 0.0827 e. The first-order valence-corrected chi connectivity index (χ1v) is 4.91. The third-order valence-corrected chi connectivity index (χ3v) is 2.91. The summed E-state index contributed by atoms with van der Waals surface area (Å²) in [7, 11) is 1.78. The first kappa shape index (κ1) is 8.27. The largest absolute Gasteiger partial charge is 0.377 e. The van der Waals surface area contributed by atoms with Crippen molar-refractivity contribution in [1.29, 1.82) is 0 Å². The minimum absolute atomic E-state index is 0.317. The lowest BCUT2D eigenvalue weighted by molar-refractivity contribution is 0.105. The predicted molar refractivity (Wildman–Crippen MR) is 52.2 cm³/mol. The van der Waals surface area contributed by atoms with Gasteiger partial charge in [-0.2, -0.15) is 0 Å². The number of ether oxygens (including phenoxy) is 1. The Morgan fingerprint density at radius 2 is 2.33 bits per heavy atom. The van der Waals surface area contributed by atoms with E-state index in [4.69, 9.17) is 4.74 Å². The molecule has 0 fully saturated rings. The van der Waals surface area contributed by atoms with Crippen molar-refractivity contribution in [3.05, 3.63) is 33.8 Å². The highest BCUT2D eigenvalue weighted by atomic mass is 79.9. The molecule has 64 valence electrons. The van der Waals surface area contributed by atoms with Crippen LogP contribution in [0.25, 0.3) is 0 Å². The van der Waals surface area contributed by atoms with E-state index in [-0.39, 0.29) is 0 Å². The predicted octanol–water partition coefficient (Wildman–Crippen LogP) is 3.08. The van der Waals surface area contributed by atoms with Gasteiger partial charge in [-0.3, -0.25) is 0 Å². The third-order valence-electron chi connectivity index (χ3n) is 2.42. The van der Waals surface area contributed by atoms with Gasteiger partial charge in [0.15, 0.2) is 0 Å². The SMILES string of the molecule is COC1CCc2ccc(Br)cc21. The van der Waals surface area contributed by atoms with E-state index >= 15 is 0 Å². The topological polar surface area (TPSA) is 9.23 Å². The van der Waals surface area contributed by atoms with Gasteiger partial charge in [0, 0.05) is 11.6 Å². The molecule has 1 aliphatic rings. The first-order valence-electron chi connectivity index (χ1n) is 4.12. The maximum atomic E-state index is 5.37. The molecule has 2 heteroatoms. The lowest BCUT2D eigenvalue weighted by Gasteiger charge is -2.08. The normalized spacial score (nSPS) is 21.0. The quantitative estimate of drug-likeness (QED) is 0.716. The van der Waals surface area contributed by atoms with Crippen LogP contribution in [0.15, 0.2) is 22.7 Å². The van der Waals surface area contributed by atoms with Crippen molar-refractivity contribution in [2.45, 2.75) is 18.9 Å². The highest BCUT2D eigenvalue weighted by Gasteiger charge is 2.21. The Hall–Kier alpha value is -0.340. The monoisotopic (exact) mass is 226 g/mol. The summed E-state index contributed by atoms with van der Waals surface area (Å²) in [6, 6.07) is 6.44. The second-order valence-corrected chi connectivity index (χ2v) is 4.02. The summed E-state index contributed by atoms with van der Waals surface area (Å²) in [5, 5.41) is 0. The van der Waals surface area contributed by atoms with Crippen molar-refractivity contribution in [3.8, 4) is 0 Å². The van der Waals surface area contributed by atoms with Crippen LogP contribution in [0.5, 0.6) is 0 Å². The molecule has 0 saturated heterocycles. The van der Waals surface area contributed by atoms with Gasteiger partial charge in [-0.25, -0.2) is 0 Å². The number of hydrogen-bond acceptors (Lipinski definition) is 1. The van der Waals surface area contributed by atoms with Crippen LogP contribution in [0.2, 0.25) is 0 Å². The molecule has 12 heavy (non-hydrogen) atoms. The Morgan fingerprint density at radius 3 is 3.08 bits per heavy atom. The van der Waals surface area contributed by atoms with Crippen molar-refractivity contribution >= 4 is 15.9 Å². The zero-order valence-corrected chi connectivity index (χ0v) is 8.60. The molecular weight excluding hydrogens is 216 g/mol. The summed E-state index contributed by atoms with van der Waals surface area (Å²) in [6.45, 7) is 0. The average molecular weight is 227 g/mol. The van der Waals surface area contributed by atoms with Crippen molar-refractivity contribution in [1.82, 2.24) is 0 Å². The molecule has 0 bridgehead atoms. The molecule has 0 aromatic heterocycles. The van der Waals surface area contributed by atoms with Gasteiger partial charge in [-0.1, -0.05) is 22.0 Å². The molecule has 1 atom stereocenters. The molecule has 1 nitrogen and oxygen atoms in total. The molecule has 0 aliphatic heterocycles. The van der Waals surface area contributed by atoms with E-state index in [1.807, 2.05) is 0 Å². The van der Waals surface area contributed by atoms with Gasteiger partial charge in [-0.05, 0) is 36.1 Å². The van der Waals surface area contributed by atoms with E-state index in [2.05, 4.69) is 34.1 Å². The maximum Gasteiger partial charge on any atom is 0.0827 e. The van der Waals surface area contributed by atoms with Gasteiger partial charge in [0.25, 0.3) is 0 Å². The Balaban J connectivity index is 2.42. The standard InChI is InChI=1S/C10H11BrO/c1-12-10-5-3-7-2-4-8(11)6-9(7)10/h2,4,6,10H,3,5H2,1H3. The van der Waals surface area contributed by atoms with Gasteiger partial charge >= 0.3 is 0 Å². The van der Waals surface area contributed by atoms with E-state index in [0.717, 1.165) is 17.3 Å². The molecule has 1 unspecified atom stereocenters. The van der Waals surface area contributed by atoms with Gasteiger partial charge in [0.05, 0.1) is 6.10 Å². The average Bonchev–Trinajstić information content (AvgIpc) is 2.46. The Morgan fingerprint density at radius 1 is 1.50 bits per heavy atom. The third kappa shape index (κ3) is 1.29. The fourth-order valence-electron chi connectivity index (χ4n) is 1.78. The summed E-state index contributed by atoms with van der Waals surface area (Å²) >= 11 is 3.47. The van der Waals surface area contributed by atoms with E-state index in [9.17, 15) is 0 Å². The van der Waals surface area contributed by atoms with E-state index < -0.39 is 0 Å². The zero-order chi connectivity index (χ0) is 8.55. The number of rotatable bonds is 1. The minimum atomic E-state index is 0.317. The van der Waals surface area contributed by atoms with Crippen LogP contribution in [-0.4, -0.2) is 7.11 Å². The number of benzene rings is 1. The first-order chi connectivity index (χ1) is 5.81. The van der Waals surface area contributed by atoms with Crippen LogP contribution >= 0.6 is 15.9 Å². The van der Waals surface area contributed by atoms with Crippen LogP contribution in [0.1, 0.15) is 23.7 Å². The number of halogens is 1. The molecule has 0 radical (unpaired) electrons. The van der Waals surface area contributed by atoms with Crippen LogP contribution in [0.4, 0.5) is 0 Å². The Bertz CT molecular complexity index is 296. The van der Waals surface area contributed by atoms with Gasteiger partial charge in [0.1, 0.15) is 0 Å². The molecule has 2 rings (SSSR count). The highest BCUT2D eigenvalue weighted by molar-refractivity contribution is 9.10. The lowest BCUT2D eigenvalue weighted by atomic mass is 10.1. The van der Waals surface area contributed by atoms with Crippen molar-refractivity contribution in [3.63, 3.8) is 0 Å². The van der Waals surface area contributed by atoms with Gasteiger partial charge < -0.3 is 4.74 Å². The van der Waals surface area contributed by atoms with E-state index in [1.165, 1.54) is 11.1 Å². The molecule has 0 saturated carbocycles. The van der Waals surface area contributed by atoms with Crippen molar-refractivity contribution in [2.24, 2.45) is 0 Å². The van der Waals surface area contributed by atoms with Crippen LogP contribution < -0.4 is 0 Å². The van der Waals surface area contributed by atoms with Crippen molar-refractivity contribution in [2.75, 3.05) is 7.11 Å². The summed E-state index contributed by atoms with van der Waals surface area (Å²) in [5.41, 5.74) is 2.79.